The summed E-state index contributed by atoms with van der Waals surface area (Å²) in [6.07, 6.45) is -0.766. The van der Waals surface area contributed by atoms with Crippen molar-refractivity contribution in [1.82, 2.24) is 6.15 Å². The second kappa shape index (κ2) is 5.04. The van der Waals surface area contributed by atoms with Crippen molar-refractivity contribution in [2.45, 2.75) is 12.8 Å². The normalized spacial score (nSPS) is 7.56. The van der Waals surface area contributed by atoms with E-state index in [9.17, 15) is 14.7 Å². The van der Waals surface area contributed by atoms with Gasteiger partial charge in [-0.2, -0.15) is 0 Å². The zero-order chi connectivity index (χ0) is 6.57. The van der Waals surface area contributed by atoms with Gasteiger partial charge in [-0.05, 0) is 6.42 Å². The number of hydrogen-bond donors (Lipinski definition) is 2. The Morgan fingerprint density at radius 1 is 1.33 bits per heavy atom. The van der Waals surface area contributed by atoms with Gasteiger partial charge < -0.3 is 21.2 Å². The molecule has 0 aliphatic carbocycles. The molecule has 0 aliphatic rings. The minimum atomic E-state index is -1.33. The Morgan fingerprint density at radius 3 is 1.89 bits per heavy atom. The Hall–Kier alpha value is -1.10. The number of hydrogen-bond acceptors (Lipinski definition) is 3. The maximum absolute atomic E-state index is 9.61. The Kier molecular flexibility index (Phi) is 6.06. The molecule has 9 heavy (non-hydrogen) atoms. The number of quaternary nitrogens is 1. The van der Waals surface area contributed by atoms with Crippen LogP contribution in [0.1, 0.15) is 12.8 Å². The van der Waals surface area contributed by atoms with Crippen molar-refractivity contribution < 1.29 is 19.8 Å². The zero-order valence-electron chi connectivity index (χ0n) is 5.09. The van der Waals surface area contributed by atoms with E-state index >= 15 is 0 Å². The third-order valence-electron chi connectivity index (χ3n) is 0.543. The van der Waals surface area contributed by atoms with Gasteiger partial charge in [-0.15, -0.1) is 0 Å². The summed E-state index contributed by atoms with van der Waals surface area (Å²) in [7, 11) is 0. The number of aliphatic carboxylic acids is 2. The summed E-state index contributed by atoms with van der Waals surface area (Å²) >= 11 is 0. The molecule has 0 atom stereocenters. The highest BCUT2D eigenvalue weighted by Crippen LogP contribution is 1.83. The van der Waals surface area contributed by atoms with Crippen molar-refractivity contribution in [3.63, 3.8) is 0 Å². The lowest BCUT2D eigenvalue weighted by molar-refractivity contribution is -0.305. The molecule has 0 unspecified atom stereocenters. The largest absolute Gasteiger partial charge is 0.550 e. The average Bonchev–Trinajstić information content (AvgIpc) is 1.61. The quantitative estimate of drug-likeness (QED) is 0.515. The van der Waals surface area contributed by atoms with Gasteiger partial charge >= 0.3 is 5.97 Å². The molecule has 0 rings (SSSR count). The number of rotatable bonds is 3. The van der Waals surface area contributed by atoms with Crippen LogP contribution in [0.15, 0.2) is 0 Å². The van der Waals surface area contributed by atoms with E-state index in [4.69, 9.17) is 5.11 Å². The van der Waals surface area contributed by atoms with E-state index in [1.807, 2.05) is 0 Å². The molecule has 0 spiro atoms. The first-order valence-electron chi connectivity index (χ1n) is 2.04. The molecule has 0 aromatic carbocycles. The summed E-state index contributed by atoms with van der Waals surface area (Å²) < 4.78 is 0. The average molecular weight is 135 g/mol. The summed E-state index contributed by atoms with van der Waals surface area (Å²) in [5, 5.41) is 17.4. The van der Waals surface area contributed by atoms with Crippen molar-refractivity contribution in [2.24, 2.45) is 0 Å². The second-order valence-corrected chi connectivity index (χ2v) is 1.27. The molecule has 0 heterocycles. The van der Waals surface area contributed by atoms with E-state index < -0.39 is 18.4 Å². The molecule has 0 bridgehead atoms. The SMILES string of the molecule is O=C([O-])CCC(=O)O.[NH4+]. The predicted octanol–water partition coefficient (Wildman–Crippen LogP) is -1.02. The highest BCUT2D eigenvalue weighted by Gasteiger charge is 1.93. The van der Waals surface area contributed by atoms with E-state index in [0.717, 1.165) is 0 Å². The molecule has 54 valence electrons. The minimum Gasteiger partial charge on any atom is -0.550 e. The molecule has 5 nitrogen and oxygen atoms in total. The van der Waals surface area contributed by atoms with Crippen molar-refractivity contribution in [1.29, 1.82) is 0 Å². The van der Waals surface area contributed by atoms with Gasteiger partial charge in [0.1, 0.15) is 0 Å². The van der Waals surface area contributed by atoms with E-state index in [1.165, 1.54) is 0 Å². The van der Waals surface area contributed by atoms with Crippen LogP contribution in [0.25, 0.3) is 0 Å². The topological polar surface area (TPSA) is 114 Å². The fourth-order valence-corrected chi connectivity index (χ4v) is 0.209. The van der Waals surface area contributed by atoms with Crippen LogP contribution in [0.5, 0.6) is 0 Å². The van der Waals surface area contributed by atoms with Crippen LogP contribution < -0.4 is 11.3 Å². The zero-order valence-corrected chi connectivity index (χ0v) is 5.09. The smallest absolute Gasteiger partial charge is 0.303 e. The molecular formula is C4H9NO4. The monoisotopic (exact) mass is 135 g/mol. The lowest BCUT2D eigenvalue weighted by atomic mass is 10.3. The third-order valence-corrected chi connectivity index (χ3v) is 0.543. The summed E-state index contributed by atoms with van der Waals surface area (Å²) in [6.45, 7) is 0. The maximum Gasteiger partial charge on any atom is 0.303 e. The van der Waals surface area contributed by atoms with Gasteiger partial charge in [0.25, 0.3) is 0 Å². The number of carbonyl (C=O) groups is 2. The molecule has 0 fully saturated rings. The Morgan fingerprint density at radius 2 is 1.78 bits per heavy atom. The van der Waals surface area contributed by atoms with Gasteiger partial charge in [0.05, 0.1) is 6.42 Å². The Bertz CT molecular complexity index is 97.1. The fraction of sp³-hybridized carbons (Fsp3) is 0.500. The van der Waals surface area contributed by atoms with Crippen LogP contribution in [0.4, 0.5) is 0 Å². The number of carbonyl (C=O) groups excluding carboxylic acids is 1. The summed E-state index contributed by atoms with van der Waals surface area (Å²) in [5.74, 6) is -2.44. The standard InChI is InChI=1S/C4H6O4.H3N/c5-3(6)1-2-4(7)8;/h1-2H2,(H,5,6)(H,7,8);1H3. The first kappa shape index (κ1) is 10.8. The van der Waals surface area contributed by atoms with Gasteiger partial charge in [0.2, 0.25) is 0 Å². The van der Waals surface area contributed by atoms with Gasteiger partial charge in [0, 0.05) is 5.97 Å². The molecule has 0 saturated carbocycles. The van der Waals surface area contributed by atoms with E-state index in [2.05, 4.69) is 0 Å². The number of carboxylic acid groups (broad SMARTS) is 2. The molecule has 5 heteroatoms. The highest BCUT2D eigenvalue weighted by molar-refractivity contribution is 5.74. The van der Waals surface area contributed by atoms with Gasteiger partial charge in [-0.1, -0.05) is 0 Å². The van der Waals surface area contributed by atoms with Crippen LogP contribution in [0.2, 0.25) is 0 Å². The second-order valence-electron chi connectivity index (χ2n) is 1.27. The summed E-state index contributed by atoms with van der Waals surface area (Å²) in [5.41, 5.74) is 0. The van der Waals surface area contributed by atoms with Crippen molar-refractivity contribution in [3.8, 4) is 0 Å². The van der Waals surface area contributed by atoms with Crippen molar-refractivity contribution >= 4 is 11.9 Å². The molecule has 0 aromatic rings. The number of carboxylic acids is 2. The van der Waals surface area contributed by atoms with Crippen LogP contribution in [-0.2, 0) is 9.59 Å². The molecular weight excluding hydrogens is 126 g/mol. The van der Waals surface area contributed by atoms with Gasteiger partial charge in [-0.3, -0.25) is 4.79 Å². The fourth-order valence-electron chi connectivity index (χ4n) is 0.209. The first-order valence-corrected chi connectivity index (χ1v) is 2.04. The van der Waals surface area contributed by atoms with Crippen LogP contribution in [0, 0.1) is 0 Å². The van der Waals surface area contributed by atoms with Crippen molar-refractivity contribution in [3.05, 3.63) is 0 Å². The predicted molar refractivity (Wildman–Crippen MR) is 27.9 cm³/mol. The van der Waals surface area contributed by atoms with Gasteiger partial charge in [-0.25, -0.2) is 0 Å². The van der Waals surface area contributed by atoms with Crippen molar-refractivity contribution in [2.75, 3.05) is 0 Å². The Labute approximate surface area is 51.9 Å². The minimum absolute atomic E-state index is 0. The molecule has 0 amide bonds. The van der Waals surface area contributed by atoms with E-state index in [0.29, 0.717) is 0 Å². The molecule has 0 saturated heterocycles. The first-order chi connectivity index (χ1) is 3.63. The molecule has 0 aromatic heterocycles. The molecule has 0 aliphatic heterocycles. The summed E-state index contributed by atoms with van der Waals surface area (Å²) in [6, 6.07) is 0. The van der Waals surface area contributed by atoms with E-state index in [-0.39, 0.29) is 12.6 Å². The maximum atomic E-state index is 9.61. The van der Waals surface area contributed by atoms with Gasteiger partial charge in [0.15, 0.2) is 0 Å². The van der Waals surface area contributed by atoms with E-state index in [1.54, 1.807) is 0 Å². The summed E-state index contributed by atoms with van der Waals surface area (Å²) in [4.78, 5) is 19.1. The lowest BCUT2D eigenvalue weighted by Crippen LogP contribution is -2.22. The third kappa shape index (κ3) is 10.9. The molecule has 5 N–H and O–H groups in total. The van der Waals surface area contributed by atoms with Crippen LogP contribution in [0.3, 0.4) is 0 Å². The lowest BCUT2D eigenvalue weighted by Gasteiger charge is -1.94. The highest BCUT2D eigenvalue weighted by atomic mass is 16.4. The van der Waals surface area contributed by atoms with Crippen LogP contribution >= 0.6 is 0 Å². The molecule has 0 radical (unpaired) electrons. The van der Waals surface area contributed by atoms with Crippen LogP contribution in [-0.4, -0.2) is 17.0 Å². The Balaban J connectivity index is 0.